The lowest BCUT2D eigenvalue weighted by Crippen LogP contribution is -2.32. The number of carbonyl (C=O) groups excluding carboxylic acids is 1. The molecule has 0 aliphatic heterocycles. The van der Waals surface area contributed by atoms with Gasteiger partial charge in [-0.05, 0) is 54.4 Å². The van der Waals surface area contributed by atoms with Crippen LogP contribution in [0.4, 0.5) is 0 Å². The molecule has 1 aromatic rings. The third kappa shape index (κ3) is 4.61. The minimum atomic E-state index is -0.771. The summed E-state index contributed by atoms with van der Waals surface area (Å²) in [5.41, 5.74) is -0.0576. The molecule has 0 fully saturated rings. The topological polar surface area (TPSA) is 65.0 Å². The van der Waals surface area contributed by atoms with E-state index in [1.165, 1.54) is 7.11 Å². The summed E-state index contributed by atoms with van der Waals surface area (Å²) in [6, 6.07) is 3.47. The molecule has 0 radical (unpaired) electrons. The van der Waals surface area contributed by atoms with Crippen molar-refractivity contribution in [3.8, 4) is 11.5 Å². The maximum atomic E-state index is 11.7. The minimum Gasteiger partial charge on any atom is -0.490 e. The summed E-state index contributed by atoms with van der Waals surface area (Å²) in [6.07, 6.45) is 0. The molecule has 0 aliphatic rings. The van der Waals surface area contributed by atoms with Gasteiger partial charge in [-0.2, -0.15) is 0 Å². The van der Waals surface area contributed by atoms with Crippen LogP contribution in [0.5, 0.6) is 11.5 Å². The van der Waals surface area contributed by atoms with Crippen molar-refractivity contribution in [2.75, 3.05) is 20.3 Å². The van der Waals surface area contributed by atoms with Crippen molar-refractivity contribution in [2.24, 2.45) is 5.41 Å². The average Bonchev–Trinajstić information content (AvgIpc) is 2.45. The second kappa shape index (κ2) is 7.66. The van der Waals surface area contributed by atoms with Crippen molar-refractivity contribution in [3.05, 3.63) is 22.2 Å². The van der Waals surface area contributed by atoms with Gasteiger partial charge < -0.3 is 19.3 Å². The Morgan fingerprint density at radius 2 is 2.00 bits per heavy atom. The monoisotopic (exact) mass is 360 g/mol. The van der Waals surface area contributed by atoms with Crippen molar-refractivity contribution in [3.63, 3.8) is 0 Å². The molecule has 0 atom stereocenters. The number of aliphatic hydroxyl groups is 1. The first-order valence-corrected chi connectivity index (χ1v) is 7.42. The van der Waals surface area contributed by atoms with E-state index in [1.807, 2.05) is 6.92 Å². The number of carbonyl (C=O) groups is 1. The van der Waals surface area contributed by atoms with Crippen LogP contribution in [0.25, 0.3) is 0 Å². The van der Waals surface area contributed by atoms with E-state index in [-0.39, 0.29) is 19.2 Å². The molecule has 6 heteroatoms. The zero-order valence-corrected chi connectivity index (χ0v) is 14.3. The van der Waals surface area contributed by atoms with Crippen LogP contribution in [0.15, 0.2) is 16.6 Å². The third-order valence-electron chi connectivity index (χ3n) is 2.87. The first kappa shape index (κ1) is 17.8. The van der Waals surface area contributed by atoms with Crippen LogP contribution in [-0.4, -0.2) is 31.4 Å². The van der Waals surface area contributed by atoms with E-state index in [4.69, 9.17) is 14.2 Å². The number of benzene rings is 1. The molecule has 0 aromatic heterocycles. The number of halogens is 1. The van der Waals surface area contributed by atoms with Gasteiger partial charge in [0, 0.05) is 0 Å². The molecule has 21 heavy (non-hydrogen) atoms. The molecule has 1 rings (SSSR count). The van der Waals surface area contributed by atoms with Crippen molar-refractivity contribution >= 4 is 21.9 Å². The standard InChI is InChI=1S/C15H21BrO5/c1-5-20-12-7-10(8-17)6-11(16)13(12)21-9-15(2,3)14(18)19-4/h6-7,17H,5,8-9H2,1-4H3. The largest absolute Gasteiger partial charge is 0.490 e. The molecule has 118 valence electrons. The number of methoxy groups -OCH3 is 1. The highest BCUT2D eigenvalue weighted by atomic mass is 79.9. The van der Waals surface area contributed by atoms with Gasteiger partial charge in [-0.3, -0.25) is 4.79 Å². The van der Waals surface area contributed by atoms with E-state index in [0.29, 0.717) is 28.1 Å². The summed E-state index contributed by atoms with van der Waals surface area (Å²) in [4.78, 5) is 11.7. The Morgan fingerprint density at radius 1 is 1.33 bits per heavy atom. The minimum absolute atomic E-state index is 0.0907. The number of hydrogen-bond donors (Lipinski definition) is 1. The Labute approximate surface area is 133 Å². The van der Waals surface area contributed by atoms with Gasteiger partial charge in [0.05, 0.1) is 30.2 Å². The number of ether oxygens (including phenoxy) is 3. The highest BCUT2D eigenvalue weighted by Crippen LogP contribution is 2.38. The van der Waals surface area contributed by atoms with E-state index in [1.54, 1.807) is 26.0 Å². The SMILES string of the molecule is CCOc1cc(CO)cc(Br)c1OCC(C)(C)C(=O)OC. The summed E-state index contributed by atoms with van der Waals surface area (Å²) in [5, 5.41) is 9.23. The van der Waals surface area contributed by atoms with Crippen molar-refractivity contribution < 1.29 is 24.1 Å². The van der Waals surface area contributed by atoms with Crippen LogP contribution < -0.4 is 9.47 Å². The Morgan fingerprint density at radius 3 is 2.52 bits per heavy atom. The molecule has 0 saturated carbocycles. The zero-order chi connectivity index (χ0) is 16.0. The summed E-state index contributed by atoms with van der Waals surface area (Å²) in [6.45, 7) is 5.88. The number of esters is 1. The molecule has 1 N–H and O–H groups in total. The predicted octanol–water partition coefficient (Wildman–Crippen LogP) is 2.92. The number of hydrogen-bond acceptors (Lipinski definition) is 5. The first-order valence-electron chi connectivity index (χ1n) is 6.63. The van der Waals surface area contributed by atoms with Gasteiger partial charge in [0.1, 0.15) is 6.61 Å². The molecule has 0 aliphatic carbocycles. The molecular formula is C15H21BrO5. The Balaban J connectivity index is 2.99. The summed E-state index contributed by atoms with van der Waals surface area (Å²) in [7, 11) is 1.35. The van der Waals surface area contributed by atoms with Crippen LogP contribution in [0.2, 0.25) is 0 Å². The Hall–Kier alpha value is -1.27. The smallest absolute Gasteiger partial charge is 0.314 e. The second-order valence-electron chi connectivity index (χ2n) is 5.16. The van der Waals surface area contributed by atoms with Crippen molar-refractivity contribution in [1.82, 2.24) is 0 Å². The lowest BCUT2D eigenvalue weighted by Gasteiger charge is -2.23. The predicted molar refractivity (Wildman–Crippen MR) is 82.5 cm³/mol. The van der Waals surface area contributed by atoms with Gasteiger partial charge in [-0.25, -0.2) is 0 Å². The third-order valence-corrected chi connectivity index (χ3v) is 3.46. The Kier molecular flexibility index (Phi) is 6.48. The molecule has 1 aromatic carbocycles. The van der Waals surface area contributed by atoms with Gasteiger partial charge in [0.15, 0.2) is 11.5 Å². The summed E-state index contributed by atoms with van der Waals surface area (Å²) < 4.78 is 16.7. The van der Waals surface area contributed by atoms with Crippen LogP contribution in [0, 0.1) is 5.41 Å². The Bertz CT molecular complexity index is 499. The fraction of sp³-hybridized carbons (Fsp3) is 0.533. The molecular weight excluding hydrogens is 340 g/mol. The van der Waals surface area contributed by atoms with Crippen LogP contribution in [-0.2, 0) is 16.1 Å². The maximum absolute atomic E-state index is 11.7. The van der Waals surface area contributed by atoms with Crippen LogP contribution >= 0.6 is 15.9 Å². The van der Waals surface area contributed by atoms with Crippen molar-refractivity contribution in [2.45, 2.75) is 27.4 Å². The normalized spacial score (nSPS) is 11.1. The van der Waals surface area contributed by atoms with Crippen molar-refractivity contribution in [1.29, 1.82) is 0 Å². The molecule has 0 unspecified atom stereocenters. The van der Waals surface area contributed by atoms with E-state index < -0.39 is 5.41 Å². The molecule has 0 amide bonds. The maximum Gasteiger partial charge on any atom is 0.314 e. The van der Waals surface area contributed by atoms with E-state index in [0.717, 1.165) is 0 Å². The fourth-order valence-corrected chi connectivity index (χ4v) is 2.31. The summed E-state index contributed by atoms with van der Waals surface area (Å²) >= 11 is 3.40. The van der Waals surface area contributed by atoms with Gasteiger partial charge >= 0.3 is 5.97 Å². The van der Waals surface area contributed by atoms with Gasteiger partial charge in [-0.1, -0.05) is 0 Å². The zero-order valence-electron chi connectivity index (χ0n) is 12.7. The fourth-order valence-electron chi connectivity index (χ4n) is 1.70. The van der Waals surface area contributed by atoms with Crippen LogP contribution in [0.3, 0.4) is 0 Å². The summed E-state index contributed by atoms with van der Waals surface area (Å²) in [5.74, 6) is 0.686. The molecule has 5 nitrogen and oxygen atoms in total. The van der Waals surface area contributed by atoms with E-state index in [9.17, 15) is 9.90 Å². The van der Waals surface area contributed by atoms with E-state index in [2.05, 4.69) is 15.9 Å². The second-order valence-corrected chi connectivity index (χ2v) is 6.01. The lowest BCUT2D eigenvalue weighted by atomic mass is 9.95. The molecule has 0 saturated heterocycles. The van der Waals surface area contributed by atoms with E-state index >= 15 is 0 Å². The lowest BCUT2D eigenvalue weighted by molar-refractivity contribution is -0.152. The first-order chi connectivity index (χ1) is 9.85. The molecule has 0 spiro atoms. The van der Waals surface area contributed by atoms with Gasteiger partial charge in [0.2, 0.25) is 0 Å². The average molecular weight is 361 g/mol. The number of aliphatic hydroxyl groups excluding tert-OH is 1. The molecule has 0 bridgehead atoms. The highest BCUT2D eigenvalue weighted by molar-refractivity contribution is 9.10. The highest BCUT2D eigenvalue weighted by Gasteiger charge is 2.30. The molecule has 0 heterocycles. The van der Waals surface area contributed by atoms with Crippen LogP contribution in [0.1, 0.15) is 26.3 Å². The number of rotatable bonds is 7. The quantitative estimate of drug-likeness (QED) is 0.757. The van der Waals surface area contributed by atoms with Gasteiger partial charge in [-0.15, -0.1) is 0 Å². The van der Waals surface area contributed by atoms with Gasteiger partial charge in [0.25, 0.3) is 0 Å².